The van der Waals surface area contributed by atoms with Gasteiger partial charge in [-0.15, -0.1) is 0 Å². The molecule has 2 N–H and O–H groups in total. The highest BCUT2D eigenvalue weighted by atomic mass is 16.2. The molecule has 0 radical (unpaired) electrons. The smallest absolute Gasteiger partial charge is 0.237 e. The highest BCUT2D eigenvalue weighted by Gasteiger charge is 2.29. The van der Waals surface area contributed by atoms with Crippen LogP contribution in [0.3, 0.4) is 0 Å². The van der Waals surface area contributed by atoms with E-state index in [0.717, 1.165) is 19.4 Å². The molecular weight excluding hydrogens is 176 g/mol. The molecule has 14 heavy (non-hydrogen) atoms. The summed E-state index contributed by atoms with van der Waals surface area (Å²) in [7, 11) is 0. The lowest BCUT2D eigenvalue weighted by Crippen LogP contribution is -2.52. The highest BCUT2D eigenvalue weighted by Crippen LogP contribution is 2.16. The third-order valence-corrected chi connectivity index (χ3v) is 3.27. The first-order valence-corrected chi connectivity index (χ1v) is 5.49. The minimum Gasteiger partial charge on any atom is -0.350 e. The Morgan fingerprint density at radius 1 is 1.50 bits per heavy atom. The predicted octanol–water partition coefficient (Wildman–Crippen LogP) is 1.29. The molecule has 1 amide bonds. The van der Waals surface area contributed by atoms with Gasteiger partial charge in [-0.25, -0.2) is 0 Å². The van der Waals surface area contributed by atoms with Crippen LogP contribution >= 0.6 is 0 Å². The highest BCUT2D eigenvalue weighted by molar-refractivity contribution is 5.82. The Hall–Kier alpha value is -0.570. The number of nitrogens with one attached hydrogen (secondary N) is 2. The first kappa shape index (κ1) is 11.5. The van der Waals surface area contributed by atoms with Crippen molar-refractivity contribution in [2.45, 2.75) is 52.1 Å². The second kappa shape index (κ2) is 4.30. The SMILES string of the molecule is CC(C)C(C)(C)NC(=O)C1CCCN1. The molecule has 1 rings (SSSR count). The third kappa shape index (κ3) is 2.71. The minimum absolute atomic E-state index is 0.0352. The van der Waals surface area contributed by atoms with Crippen molar-refractivity contribution in [2.24, 2.45) is 5.92 Å². The van der Waals surface area contributed by atoms with E-state index in [1.165, 1.54) is 0 Å². The molecule has 3 heteroatoms. The number of amides is 1. The van der Waals surface area contributed by atoms with Crippen LogP contribution in [0, 0.1) is 5.92 Å². The molecule has 0 aromatic carbocycles. The topological polar surface area (TPSA) is 41.1 Å². The number of carbonyl (C=O) groups is 1. The van der Waals surface area contributed by atoms with E-state index in [9.17, 15) is 4.79 Å². The van der Waals surface area contributed by atoms with Gasteiger partial charge < -0.3 is 10.6 Å². The van der Waals surface area contributed by atoms with E-state index < -0.39 is 0 Å². The maximum absolute atomic E-state index is 11.8. The summed E-state index contributed by atoms with van der Waals surface area (Å²) in [6.45, 7) is 9.37. The Morgan fingerprint density at radius 3 is 2.57 bits per heavy atom. The minimum atomic E-state index is -0.110. The molecule has 82 valence electrons. The van der Waals surface area contributed by atoms with Gasteiger partial charge in [0.1, 0.15) is 0 Å². The molecule has 0 aromatic heterocycles. The monoisotopic (exact) mass is 198 g/mol. The Bertz CT molecular complexity index is 205. The molecule has 3 nitrogen and oxygen atoms in total. The molecule has 1 fully saturated rings. The summed E-state index contributed by atoms with van der Waals surface area (Å²) in [5.74, 6) is 0.606. The quantitative estimate of drug-likeness (QED) is 0.717. The van der Waals surface area contributed by atoms with Gasteiger partial charge in [-0.05, 0) is 39.2 Å². The predicted molar refractivity (Wildman–Crippen MR) is 58.1 cm³/mol. The van der Waals surface area contributed by atoms with Gasteiger partial charge in [-0.2, -0.15) is 0 Å². The van der Waals surface area contributed by atoms with Crippen molar-refractivity contribution in [1.82, 2.24) is 10.6 Å². The van der Waals surface area contributed by atoms with E-state index in [4.69, 9.17) is 0 Å². The van der Waals surface area contributed by atoms with Gasteiger partial charge in [0.25, 0.3) is 0 Å². The van der Waals surface area contributed by atoms with E-state index in [0.29, 0.717) is 5.92 Å². The van der Waals surface area contributed by atoms with Gasteiger partial charge in [0.15, 0.2) is 0 Å². The molecule has 1 aliphatic heterocycles. The summed E-state index contributed by atoms with van der Waals surface area (Å²) < 4.78 is 0. The second-order valence-electron chi connectivity index (χ2n) is 5.01. The zero-order chi connectivity index (χ0) is 10.8. The van der Waals surface area contributed by atoms with E-state index in [1.807, 2.05) is 0 Å². The maximum Gasteiger partial charge on any atom is 0.237 e. The molecule has 1 atom stereocenters. The van der Waals surface area contributed by atoms with Crippen LogP contribution in [0.1, 0.15) is 40.5 Å². The molecular formula is C11H22N2O. The molecule has 0 saturated carbocycles. The fraction of sp³-hybridized carbons (Fsp3) is 0.909. The lowest BCUT2D eigenvalue weighted by atomic mass is 9.90. The van der Waals surface area contributed by atoms with E-state index in [1.54, 1.807) is 0 Å². The van der Waals surface area contributed by atoms with E-state index in [2.05, 4.69) is 38.3 Å². The third-order valence-electron chi connectivity index (χ3n) is 3.27. The van der Waals surface area contributed by atoms with Gasteiger partial charge in [-0.1, -0.05) is 13.8 Å². The second-order valence-corrected chi connectivity index (χ2v) is 5.01. The van der Waals surface area contributed by atoms with Crippen molar-refractivity contribution in [3.8, 4) is 0 Å². The molecule has 0 aromatic rings. The molecule has 0 spiro atoms. The number of hydrogen-bond donors (Lipinski definition) is 2. The average molecular weight is 198 g/mol. The summed E-state index contributed by atoms with van der Waals surface area (Å²) >= 11 is 0. The van der Waals surface area contributed by atoms with E-state index >= 15 is 0 Å². The Balaban J connectivity index is 2.46. The Kier molecular flexibility index (Phi) is 3.53. The fourth-order valence-corrected chi connectivity index (χ4v) is 1.46. The Morgan fingerprint density at radius 2 is 2.14 bits per heavy atom. The van der Waals surface area contributed by atoms with Crippen LogP contribution in [0.5, 0.6) is 0 Å². The van der Waals surface area contributed by atoms with Crippen molar-refractivity contribution < 1.29 is 4.79 Å². The van der Waals surface area contributed by atoms with Gasteiger partial charge in [0, 0.05) is 5.54 Å². The van der Waals surface area contributed by atoms with Crippen LogP contribution < -0.4 is 10.6 Å². The van der Waals surface area contributed by atoms with Crippen molar-refractivity contribution in [1.29, 1.82) is 0 Å². The van der Waals surface area contributed by atoms with Gasteiger partial charge in [0.2, 0.25) is 5.91 Å². The summed E-state index contributed by atoms with van der Waals surface area (Å²) in [4.78, 5) is 11.8. The molecule has 0 aliphatic carbocycles. The molecule has 1 unspecified atom stereocenters. The zero-order valence-electron chi connectivity index (χ0n) is 9.68. The normalized spacial score (nSPS) is 22.8. The van der Waals surface area contributed by atoms with Crippen LogP contribution in [0.2, 0.25) is 0 Å². The molecule has 1 aliphatic rings. The lowest BCUT2D eigenvalue weighted by molar-refractivity contribution is -0.124. The first-order valence-electron chi connectivity index (χ1n) is 5.49. The fourth-order valence-electron chi connectivity index (χ4n) is 1.46. The van der Waals surface area contributed by atoms with Crippen LogP contribution in [0.25, 0.3) is 0 Å². The molecule has 0 bridgehead atoms. The molecule has 1 heterocycles. The number of carbonyl (C=O) groups excluding carboxylic acids is 1. The van der Waals surface area contributed by atoms with Crippen LogP contribution in [-0.2, 0) is 4.79 Å². The van der Waals surface area contributed by atoms with Crippen LogP contribution in [0.4, 0.5) is 0 Å². The van der Waals surface area contributed by atoms with Crippen LogP contribution in [-0.4, -0.2) is 24.0 Å². The Labute approximate surface area is 86.6 Å². The first-order chi connectivity index (χ1) is 6.43. The summed E-state index contributed by atoms with van der Waals surface area (Å²) in [6, 6.07) is 0.0352. The summed E-state index contributed by atoms with van der Waals surface area (Å²) in [5.41, 5.74) is -0.110. The standard InChI is InChI=1S/C11H22N2O/c1-8(2)11(3,4)13-10(14)9-6-5-7-12-9/h8-9,12H,5-7H2,1-4H3,(H,13,14). The van der Waals surface area contributed by atoms with E-state index in [-0.39, 0.29) is 17.5 Å². The number of hydrogen-bond acceptors (Lipinski definition) is 2. The lowest BCUT2D eigenvalue weighted by Gasteiger charge is -2.31. The molecule has 1 saturated heterocycles. The van der Waals surface area contributed by atoms with Gasteiger partial charge in [-0.3, -0.25) is 4.79 Å². The van der Waals surface area contributed by atoms with Crippen molar-refractivity contribution >= 4 is 5.91 Å². The zero-order valence-corrected chi connectivity index (χ0v) is 9.68. The average Bonchev–Trinajstić information content (AvgIpc) is 2.54. The summed E-state index contributed by atoms with van der Waals surface area (Å²) in [5, 5.41) is 6.30. The van der Waals surface area contributed by atoms with Crippen molar-refractivity contribution in [2.75, 3.05) is 6.54 Å². The van der Waals surface area contributed by atoms with Gasteiger partial charge >= 0.3 is 0 Å². The number of rotatable bonds is 3. The van der Waals surface area contributed by atoms with Crippen molar-refractivity contribution in [3.63, 3.8) is 0 Å². The largest absolute Gasteiger partial charge is 0.350 e. The van der Waals surface area contributed by atoms with Gasteiger partial charge in [0.05, 0.1) is 6.04 Å². The summed E-state index contributed by atoms with van der Waals surface area (Å²) in [6.07, 6.45) is 2.08. The van der Waals surface area contributed by atoms with Crippen LogP contribution in [0.15, 0.2) is 0 Å². The maximum atomic E-state index is 11.8. The van der Waals surface area contributed by atoms with Crippen molar-refractivity contribution in [3.05, 3.63) is 0 Å².